The molecule has 2 N–H and O–H groups in total. The Bertz CT molecular complexity index is 794. The van der Waals surface area contributed by atoms with Crippen molar-refractivity contribution in [1.82, 2.24) is 10.1 Å². The van der Waals surface area contributed by atoms with Crippen LogP contribution in [0, 0.1) is 0 Å². The lowest BCUT2D eigenvalue weighted by molar-refractivity contribution is -0.137. The Morgan fingerprint density at radius 1 is 0.955 bits per heavy atom. The van der Waals surface area contributed by atoms with E-state index in [0.29, 0.717) is 16.8 Å². The molecule has 112 valence electrons. The molecular formula is C15H10F3N3O. The first kappa shape index (κ1) is 14.1. The predicted molar refractivity (Wildman–Crippen MR) is 74.6 cm³/mol. The number of aromatic nitrogens is 2. The van der Waals surface area contributed by atoms with Gasteiger partial charge in [0.05, 0.1) is 5.56 Å². The Labute approximate surface area is 123 Å². The van der Waals surface area contributed by atoms with E-state index >= 15 is 0 Å². The lowest BCUT2D eigenvalue weighted by Gasteiger charge is -2.05. The fourth-order valence-corrected chi connectivity index (χ4v) is 1.94. The molecule has 0 spiro atoms. The molecule has 0 aliphatic heterocycles. The zero-order valence-corrected chi connectivity index (χ0v) is 11.1. The van der Waals surface area contributed by atoms with Gasteiger partial charge in [0.15, 0.2) is 0 Å². The van der Waals surface area contributed by atoms with Gasteiger partial charge in [-0.05, 0) is 30.3 Å². The first-order valence-corrected chi connectivity index (χ1v) is 6.31. The van der Waals surface area contributed by atoms with Crippen LogP contribution in [0.2, 0.25) is 0 Å². The molecule has 7 heteroatoms. The molecule has 0 bridgehead atoms. The Hall–Kier alpha value is -2.83. The highest BCUT2D eigenvalue weighted by Crippen LogP contribution is 2.31. The van der Waals surface area contributed by atoms with Crippen LogP contribution < -0.4 is 5.73 Å². The summed E-state index contributed by atoms with van der Waals surface area (Å²) in [5.41, 5.74) is 6.58. The Morgan fingerprint density at radius 2 is 1.68 bits per heavy atom. The van der Waals surface area contributed by atoms with E-state index in [4.69, 9.17) is 10.3 Å². The van der Waals surface area contributed by atoms with Crippen molar-refractivity contribution in [3.8, 4) is 22.8 Å². The molecule has 0 saturated carbocycles. The summed E-state index contributed by atoms with van der Waals surface area (Å²) in [6, 6.07) is 11.4. The van der Waals surface area contributed by atoms with Crippen LogP contribution in [0.1, 0.15) is 5.56 Å². The molecule has 0 unspecified atom stereocenters. The normalized spacial score (nSPS) is 11.6. The summed E-state index contributed by atoms with van der Waals surface area (Å²) in [7, 11) is 0. The number of hydrogen-bond acceptors (Lipinski definition) is 4. The van der Waals surface area contributed by atoms with Crippen LogP contribution in [0.15, 0.2) is 53.1 Å². The minimum atomic E-state index is -4.37. The second-order valence-corrected chi connectivity index (χ2v) is 4.62. The molecule has 0 aliphatic rings. The smallest absolute Gasteiger partial charge is 0.399 e. The first-order valence-electron chi connectivity index (χ1n) is 6.31. The molecule has 1 heterocycles. The van der Waals surface area contributed by atoms with Crippen molar-refractivity contribution in [3.63, 3.8) is 0 Å². The van der Waals surface area contributed by atoms with Gasteiger partial charge in [0.2, 0.25) is 5.82 Å². The minimum absolute atomic E-state index is 0.214. The lowest BCUT2D eigenvalue weighted by atomic mass is 10.1. The molecule has 3 aromatic rings. The average Bonchev–Trinajstić information content (AvgIpc) is 2.96. The van der Waals surface area contributed by atoms with Crippen molar-refractivity contribution < 1.29 is 17.7 Å². The van der Waals surface area contributed by atoms with Crippen molar-refractivity contribution in [1.29, 1.82) is 0 Å². The van der Waals surface area contributed by atoms with E-state index in [1.807, 2.05) is 0 Å². The predicted octanol–water partition coefficient (Wildman–Crippen LogP) is 4.00. The van der Waals surface area contributed by atoms with E-state index in [9.17, 15) is 13.2 Å². The van der Waals surface area contributed by atoms with Crippen molar-refractivity contribution in [2.24, 2.45) is 0 Å². The van der Waals surface area contributed by atoms with Gasteiger partial charge >= 0.3 is 6.18 Å². The Kier molecular flexibility index (Phi) is 3.32. The molecule has 1 aromatic heterocycles. The highest BCUT2D eigenvalue weighted by Gasteiger charge is 2.30. The van der Waals surface area contributed by atoms with Gasteiger partial charge in [0.25, 0.3) is 5.89 Å². The molecule has 0 amide bonds. The van der Waals surface area contributed by atoms with Crippen LogP contribution in [-0.2, 0) is 6.18 Å². The standard InChI is InChI=1S/C15H10F3N3O/c16-15(17,18)11-6-4-9(5-7-11)13-20-14(22-21-13)10-2-1-3-12(19)8-10/h1-8H,19H2. The maximum Gasteiger partial charge on any atom is 0.416 e. The van der Waals surface area contributed by atoms with Crippen LogP contribution in [0.25, 0.3) is 22.8 Å². The van der Waals surface area contributed by atoms with E-state index in [-0.39, 0.29) is 11.7 Å². The first-order chi connectivity index (χ1) is 10.4. The monoisotopic (exact) mass is 305 g/mol. The number of nitrogen functional groups attached to an aromatic ring is 1. The molecule has 22 heavy (non-hydrogen) atoms. The highest BCUT2D eigenvalue weighted by molar-refractivity contribution is 5.63. The number of nitrogens with two attached hydrogens (primary N) is 1. The van der Waals surface area contributed by atoms with Crippen LogP contribution in [0.3, 0.4) is 0 Å². The molecule has 4 nitrogen and oxygen atoms in total. The highest BCUT2D eigenvalue weighted by atomic mass is 19.4. The summed E-state index contributed by atoms with van der Waals surface area (Å²) in [6.45, 7) is 0. The molecule has 0 aliphatic carbocycles. The SMILES string of the molecule is Nc1cccc(-c2nc(-c3ccc(C(F)(F)F)cc3)no2)c1. The summed E-state index contributed by atoms with van der Waals surface area (Å²) < 4.78 is 42.7. The maximum absolute atomic E-state index is 12.5. The van der Waals surface area contributed by atoms with E-state index < -0.39 is 11.7 Å². The lowest BCUT2D eigenvalue weighted by Crippen LogP contribution is -2.04. The topological polar surface area (TPSA) is 64.9 Å². The number of alkyl halides is 3. The van der Waals surface area contributed by atoms with Crippen molar-refractivity contribution in [2.45, 2.75) is 6.18 Å². The van der Waals surface area contributed by atoms with E-state index in [2.05, 4.69) is 10.1 Å². The molecule has 0 saturated heterocycles. The number of hydrogen-bond donors (Lipinski definition) is 1. The van der Waals surface area contributed by atoms with Gasteiger partial charge in [-0.3, -0.25) is 0 Å². The zero-order valence-electron chi connectivity index (χ0n) is 11.1. The maximum atomic E-state index is 12.5. The summed E-state index contributed by atoms with van der Waals surface area (Å²) in [5.74, 6) is 0.466. The van der Waals surface area contributed by atoms with Gasteiger partial charge in [0.1, 0.15) is 0 Å². The zero-order chi connectivity index (χ0) is 15.7. The number of benzene rings is 2. The summed E-state index contributed by atoms with van der Waals surface area (Å²) in [6.07, 6.45) is -4.37. The van der Waals surface area contributed by atoms with Gasteiger partial charge in [-0.15, -0.1) is 0 Å². The van der Waals surface area contributed by atoms with Crippen LogP contribution >= 0.6 is 0 Å². The molecule has 0 radical (unpaired) electrons. The largest absolute Gasteiger partial charge is 0.416 e. The fraction of sp³-hybridized carbons (Fsp3) is 0.0667. The van der Waals surface area contributed by atoms with Crippen LogP contribution in [0.5, 0.6) is 0 Å². The van der Waals surface area contributed by atoms with Crippen molar-refractivity contribution in [2.75, 3.05) is 5.73 Å². The molecule has 0 fully saturated rings. The van der Waals surface area contributed by atoms with E-state index in [1.165, 1.54) is 12.1 Å². The Morgan fingerprint density at radius 3 is 2.32 bits per heavy atom. The second kappa shape index (κ2) is 5.18. The van der Waals surface area contributed by atoms with Gasteiger partial charge in [-0.25, -0.2) is 0 Å². The van der Waals surface area contributed by atoms with Crippen molar-refractivity contribution in [3.05, 3.63) is 54.1 Å². The number of halogens is 3. The quantitative estimate of drug-likeness (QED) is 0.727. The van der Waals surface area contributed by atoms with Gasteiger partial charge in [0, 0.05) is 16.8 Å². The molecular weight excluding hydrogens is 295 g/mol. The molecule has 2 aromatic carbocycles. The molecule has 3 rings (SSSR count). The third-order valence-electron chi connectivity index (χ3n) is 3.03. The average molecular weight is 305 g/mol. The third-order valence-corrected chi connectivity index (χ3v) is 3.03. The minimum Gasteiger partial charge on any atom is -0.399 e. The van der Waals surface area contributed by atoms with Gasteiger partial charge in [-0.1, -0.05) is 23.4 Å². The van der Waals surface area contributed by atoms with E-state index in [0.717, 1.165) is 12.1 Å². The van der Waals surface area contributed by atoms with Crippen LogP contribution in [-0.4, -0.2) is 10.1 Å². The fourth-order valence-electron chi connectivity index (χ4n) is 1.94. The van der Waals surface area contributed by atoms with E-state index in [1.54, 1.807) is 24.3 Å². The van der Waals surface area contributed by atoms with Crippen LogP contribution in [0.4, 0.5) is 18.9 Å². The Balaban J connectivity index is 1.91. The molecule has 0 atom stereocenters. The summed E-state index contributed by atoms with van der Waals surface area (Å²) >= 11 is 0. The number of nitrogens with zero attached hydrogens (tertiary/aromatic N) is 2. The summed E-state index contributed by atoms with van der Waals surface area (Å²) in [4.78, 5) is 4.17. The van der Waals surface area contributed by atoms with Gasteiger partial charge in [-0.2, -0.15) is 18.2 Å². The summed E-state index contributed by atoms with van der Waals surface area (Å²) in [5, 5.41) is 3.78. The van der Waals surface area contributed by atoms with Crippen molar-refractivity contribution >= 4 is 5.69 Å². The van der Waals surface area contributed by atoms with Gasteiger partial charge < -0.3 is 10.3 Å². The number of rotatable bonds is 2. The number of anilines is 1. The second-order valence-electron chi connectivity index (χ2n) is 4.62. The third kappa shape index (κ3) is 2.78.